The molecule has 0 fully saturated rings. The number of benzene rings is 2. The number of hydrogen-bond acceptors (Lipinski definition) is 2. The van der Waals surface area contributed by atoms with Gasteiger partial charge in [0.15, 0.2) is 0 Å². The molecule has 0 aliphatic rings. The minimum Gasteiger partial charge on any atom is -0.399 e. The van der Waals surface area contributed by atoms with Crippen molar-refractivity contribution >= 4 is 11.4 Å². The normalized spacial score (nSPS) is 10.0. The van der Waals surface area contributed by atoms with E-state index >= 15 is 0 Å². The molecule has 2 aromatic carbocycles. The lowest BCUT2D eigenvalue weighted by molar-refractivity contribution is 1.61. The molecule has 0 saturated carbocycles. The van der Waals surface area contributed by atoms with Crippen LogP contribution in [0.4, 0.5) is 11.4 Å². The van der Waals surface area contributed by atoms with Crippen LogP contribution in [0.15, 0.2) is 48.5 Å². The molecule has 14 heavy (non-hydrogen) atoms. The highest BCUT2D eigenvalue weighted by molar-refractivity contribution is 5.70. The maximum Gasteiger partial charge on any atom is 0.0320 e. The van der Waals surface area contributed by atoms with Crippen molar-refractivity contribution in [3.63, 3.8) is 0 Å². The van der Waals surface area contributed by atoms with E-state index in [-0.39, 0.29) is 0 Å². The molecule has 0 amide bonds. The molecular formula is C12H12N2. The molecular weight excluding hydrogens is 172 g/mol. The number of hydrogen-bond donors (Lipinski definition) is 2. The summed E-state index contributed by atoms with van der Waals surface area (Å²) < 4.78 is 0. The fourth-order valence-corrected chi connectivity index (χ4v) is 1.44. The standard InChI is InChI=1S/C12H12N2/c13-11-5-1-3-9(7-11)10-4-2-6-12(14)8-10/h1-8H,13-14H2. The third-order valence-corrected chi connectivity index (χ3v) is 2.11. The summed E-state index contributed by atoms with van der Waals surface area (Å²) in [6.45, 7) is 0. The first-order valence-electron chi connectivity index (χ1n) is 4.47. The average molecular weight is 184 g/mol. The average Bonchev–Trinajstić information content (AvgIpc) is 2.18. The molecule has 0 aliphatic carbocycles. The van der Waals surface area contributed by atoms with Gasteiger partial charge in [-0.2, -0.15) is 0 Å². The van der Waals surface area contributed by atoms with Crippen LogP contribution in [-0.4, -0.2) is 0 Å². The predicted octanol–water partition coefficient (Wildman–Crippen LogP) is 2.52. The van der Waals surface area contributed by atoms with Gasteiger partial charge in [-0.05, 0) is 35.4 Å². The van der Waals surface area contributed by atoms with E-state index < -0.39 is 0 Å². The van der Waals surface area contributed by atoms with Crippen LogP contribution in [0, 0.1) is 0 Å². The number of nitrogens with two attached hydrogens (primary N) is 2. The number of nitrogen functional groups attached to an aromatic ring is 2. The number of rotatable bonds is 1. The SMILES string of the molecule is Nc1cccc(-c2cccc(N)c2)c1. The van der Waals surface area contributed by atoms with E-state index in [9.17, 15) is 0 Å². The van der Waals surface area contributed by atoms with Crippen LogP contribution in [0.3, 0.4) is 0 Å². The van der Waals surface area contributed by atoms with Crippen LogP contribution in [0.1, 0.15) is 0 Å². The second-order valence-electron chi connectivity index (χ2n) is 3.25. The summed E-state index contributed by atoms with van der Waals surface area (Å²) in [5.74, 6) is 0. The van der Waals surface area contributed by atoms with Gasteiger partial charge >= 0.3 is 0 Å². The quantitative estimate of drug-likeness (QED) is 0.669. The molecule has 4 N–H and O–H groups in total. The van der Waals surface area contributed by atoms with E-state index in [0.717, 1.165) is 22.5 Å². The van der Waals surface area contributed by atoms with Crippen molar-refractivity contribution in [3.8, 4) is 11.1 Å². The summed E-state index contributed by atoms with van der Waals surface area (Å²) in [6, 6.07) is 15.5. The Morgan fingerprint density at radius 3 is 1.43 bits per heavy atom. The summed E-state index contributed by atoms with van der Waals surface area (Å²) >= 11 is 0. The molecule has 0 bridgehead atoms. The molecule has 0 unspecified atom stereocenters. The third-order valence-electron chi connectivity index (χ3n) is 2.11. The summed E-state index contributed by atoms with van der Waals surface area (Å²) in [4.78, 5) is 0. The van der Waals surface area contributed by atoms with E-state index in [1.165, 1.54) is 0 Å². The van der Waals surface area contributed by atoms with E-state index in [4.69, 9.17) is 11.5 Å². The molecule has 2 nitrogen and oxygen atoms in total. The lowest BCUT2D eigenvalue weighted by Gasteiger charge is -2.03. The van der Waals surface area contributed by atoms with Crippen molar-refractivity contribution in [1.29, 1.82) is 0 Å². The van der Waals surface area contributed by atoms with Crippen LogP contribution in [0.5, 0.6) is 0 Å². The Bertz CT molecular complexity index is 406. The van der Waals surface area contributed by atoms with Gasteiger partial charge in [-0.25, -0.2) is 0 Å². The zero-order valence-corrected chi connectivity index (χ0v) is 7.77. The molecule has 2 heteroatoms. The van der Waals surface area contributed by atoms with E-state index in [0.29, 0.717) is 0 Å². The zero-order chi connectivity index (χ0) is 9.97. The van der Waals surface area contributed by atoms with Gasteiger partial charge in [-0.15, -0.1) is 0 Å². The van der Waals surface area contributed by atoms with Gasteiger partial charge in [-0.1, -0.05) is 24.3 Å². The van der Waals surface area contributed by atoms with Gasteiger partial charge in [0.2, 0.25) is 0 Å². The van der Waals surface area contributed by atoms with Crippen molar-refractivity contribution in [2.24, 2.45) is 0 Å². The van der Waals surface area contributed by atoms with Gasteiger partial charge in [0.25, 0.3) is 0 Å². The Kier molecular flexibility index (Phi) is 2.11. The van der Waals surface area contributed by atoms with Crippen molar-refractivity contribution in [1.82, 2.24) is 0 Å². The highest BCUT2D eigenvalue weighted by Crippen LogP contribution is 2.22. The molecule has 2 aromatic rings. The predicted molar refractivity (Wildman–Crippen MR) is 60.7 cm³/mol. The lowest BCUT2D eigenvalue weighted by Crippen LogP contribution is -1.87. The Morgan fingerprint density at radius 1 is 0.643 bits per heavy atom. The molecule has 70 valence electrons. The minimum atomic E-state index is 0.768. The Balaban J connectivity index is 2.49. The number of anilines is 2. The van der Waals surface area contributed by atoms with Gasteiger partial charge < -0.3 is 11.5 Å². The van der Waals surface area contributed by atoms with Crippen molar-refractivity contribution < 1.29 is 0 Å². The maximum atomic E-state index is 5.70. The van der Waals surface area contributed by atoms with Crippen LogP contribution in [-0.2, 0) is 0 Å². The van der Waals surface area contributed by atoms with Gasteiger partial charge in [0.1, 0.15) is 0 Å². The zero-order valence-electron chi connectivity index (χ0n) is 7.77. The monoisotopic (exact) mass is 184 g/mol. The second-order valence-corrected chi connectivity index (χ2v) is 3.25. The molecule has 2 rings (SSSR count). The van der Waals surface area contributed by atoms with E-state index in [1.54, 1.807) is 0 Å². The van der Waals surface area contributed by atoms with Crippen LogP contribution in [0.25, 0.3) is 11.1 Å². The van der Waals surface area contributed by atoms with Crippen molar-refractivity contribution in [2.45, 2.75) is 0 Å². The highest BCUT2D eigenvalue weighted by Gasteiger charge is 1.97. The van der Waals surface area contributed by atoms with Gasteiger partial charge in [-0.3, -0.25) is 0 Å². The Morgan fingerprint density at radius 2 is 1.07 bits per heavy atom. The summed E-state index contributed by atoms with van der Waals surface area (Å²) in [5.41, 5.74) is 15.1. The third kappa shape index (κ3) is 1.69. The van der Waals surface area contributed by atoms with Crippen LogP contribution in [0.2, 0.25) is 0 Å². The fraction of sp³-hybridized carbons (Fsp3) is 0. The summed E-state index contributed by atoms with van der Waals surface area (Å²) in [5, 5.41) is 0. The van der Waals surface area contributed by atoms with Crippen LogP contribution < -0.4 is 11.5 Å². The first-order chi connectivity index (χ1) is 6.75. The molecule has 0 aliphatic heterocycles. The highest BCUT2D eigenvalue weighted by atomic mass is 14.5. The first kappa shape index (κ1) is 8.63. The van der Waals surface area contributed by atoms with Crippen molar-refractivity contribution in [3.05, 3.63) is 48.5 Å². The smallest absolute Gasteiger partial charge is 0.0320 e. The minimum absolute atomic E-state index is 0.768. The Hall–Kier alpha value is -1.96. The summed E-state index contributed by atoms with van der Waals surface area (Å²) in [6.07, 6.45) is 0. The molecule has 0 spiro atoms. The van der Waals surface area contributed by atoms with Gasteiger partial charge in [0, 0.05) is 11.4 Å². The van der Waals surface area contributed by atoms with E-state index in [2.05, 4.69) is 0 Å². The lowest BCUT2D eigenvalue weighted by atomic mass is 10.0. The molecule has 0 saturated heterocycles. The van der Waals surface area contributed by atoms with Gasteiger partial charge in [0.05, 0.1) is 0 Å². The second kappa shape index (κ2) is 3.42. The molecule has 0 aromatic heterocycles. The van der Waals surface area contributed by atoms with Crippen molar-refractivity contribution in [2.75, 3.05) is 11.5 Å². The maximum absolute atomic E-state index is 5.70. The molecule has 0 atom stereocenters. The van der Waals surface area contributed by atoms with E-state index in [1.807, 2.05) is 48.5 Å². The fourth-order valence-electron chi connectivity index (χ4n) is 1.44. The largest absolute Gasteiger partial charge is 0.399 e. The summed E-state index contributed by atoms with van der Waals surface area (Å²) in [7, 11) is 0. The molecule has 0 heterocycles. The van der Waals surface area contributed by atoms with Crippen LogP contribution >= 0.6 is 0 Å². The topological polar surface area (TPSA) is 52.0 Å². The Labute approximate surface area is 83.2 Å². The first-order valence-corrected chi connectivity index (χ1v) is 4.47. The molecule has 0 radical (unpaired) electrons.